The number of piperazine rings is 1. The zero-order chi connectivity index (χ0) is 33.2. The number of nitrogens with two attached hydrogens (primary N) is 1. The summed E-state index contributed by atoms with van der Waals surface area (Å²) in [5.74, 6) is 0.367. The smallest absolute Gasteiger partial charge is 0.330 e. The van der Waals surface area contributed by atoms with Crippen LogP contribution in [0.1, 0.15) is 122 Å². The maximum atomic E-state index is 13.7. The number of ether oxygens (including phenoxy) is 1. The van der Waals surface area contributed by atoms with Gasteiger partial charge in [0.05, 0.1) is 12.5 Å². The Hall–Kier alpha value is -2.85. The summed E-state index contributed by atoms with van der Waals surface area (Å²) < 4.78 is 5.80. The van der Waals surface area contributed by atoms with Gasteiger partial charge in [0.1, 0.15) is 0 Å². The van der Waals surface area contributed by atoms with Crippen LogP contribution in [0.3, 0.4) is 0 Å². The fourth-order valence-electron chi connectivity index (χ4n) is 8.71. The van der Waals surface area contributed by atoms with Gasteiger partial charge in [0.15, 0.2) is 12.0 Å². The van der Waals surface area contributed by atoms with Crippen molar-refractivity contribution in [3.05, 3.63) is 0 Å². The summed E-state index contributed by atoms with van der Waals surface area (Å²) in [5.41, 5.74) is 5.73. The van der Waals surface area contributed by atoms with Crippen molar-refractivity contribution in [2.45, 2.75) is 128 Å². The van der Waals surface area contributed by atoms with Crippen LogP contribution in [-0.2, 0) is 19.1 Å². The van der Waals surface area contributed by atoms with E-state index in [1.54, 1.807) is 4.90 Å². The van der Waals surface area contributed by atoms with E-state index in [2.05, 4.69) is 0 Å². The lowest BCUT2D eigenvalue weighted by Gasteiger charge is -2.47. The largest absolute Gasteiger partial charge is 0.464 e. The standard InChI is InChI=1S/C36H60N6O5/c37-35(38)41-20-10-16-28(25-41)18-19-30-32(34(45)47-26-29-14-7-2-8-15-29)42(33(30)44)36(46)40-23-21-39(22-24-40)31(43)17-9-3-6-13-27-11-4-1-5-12-27/h27-30,32H,1-26H2,(H3,37,38)/t28?,30-,32?/m1/s1. The molecule has 11 heteroatoms. The summed E-state index contributed by atoms with van der Waals surface area (Å²) in [6.07, 6.45) is 20.7. The van der Waals surface area contributed by atoms with E-state index < -0.39 is 24.0 Å². The van der Waals surface area contributed by atoms with E-state index in [1.807, 2.05) is 9.80 Å². The minimum Gasteiger partial charge on any atom is -0.464 e. The lowest BCUT2D eigenvalue weighted by Crippen LogP contribution is -2.69. The van der Waals surface area contributed by atoms with Crippen molar-refractivity contribution in [1.29, 1.82) is 5.41 Å². The number of guanidine groups is 1. The average molecular weight is 657 g/mol. The zero-order valence-corrected chi connectivity index (χ0v) is 28.7. The molecule has 0 aromatic carbocycles. The highest BCUT2D eigenvalue weighted by atomic mass is 16.5. The number of amides is 4. The lowest BCUT2D eigenvalue weighted by atomic mass is 9.80. The molecule has 47 heavy (non-hydrogen) atoms. The molecule has 2 saturated carbocycles. The van der Waals surface area contributed by atoms with Gasteiger partial charge in [-0.15, -0.1) is 0 Å². The van der Waals surface area contributed by atoms with Crippen molar-refractivity contribution >= 4 is 29.8 Å². The first-order chi connectivity index (χ1) is 22.8. The molecule has 264 valence electrons. The molecule has 3 aliphatic heterocycles. The number of esters is 1. The molecule has 4 amide bonds. The number of nitrogens with zero attached hydrogens (tertiary/aromatic N) is 4. The molecular formula is C36H60N6O5. The molecule has 5 rings (SSSR count). The molecule has 3 heterocycles. The highest BCUT2D eigenvalue weighted by Gasteiger charge is 2.56. The molecule has 5 fully saturated rings. The van der Waals surface area contributed by atoms with Gasteiger partial charge in [0, 0.05) is 45.7 Å². The van der Waals surface area contributed by atoms with E-state index in [0.29, 0.717) is 58.1 Å². The van der Waals surface area contributed by atoms with Gasteiger partial charge in [-0.1, -0.05) is 70.6 Å². The van der Waals surface area contributed by atoms with Crippen molar-refractivity contribution in [1.82, 2.24) is 19.6 Å². The summed E-state index contributed by atoms with van der Waals surface area (Å²) in [7, 11) is 0. The Balaban J connectivity index is 1.10. The number of piperidine rings is 1. The number of likely N-dealkylation sites (tertiary alicyclic amines) is 2. The second-order valence-corrected chi connectivity index (χ2v) is 15.1. The summed E-state index contributed by atoms with van der Waals surface area (Å²) in [4.78, 5) is 60.1. The first kappa shape index (κ1) is 35.5. The van der Waals surface area contributed by atoms with Gasteiger partial charge in [-0.3, -0.25) is 15.0 Å². The molecule has 0 radical (unpaired) electrons. The average Bonchev–Trinajstić information content (AvgIpc) is 3.10. The SMILES string of the molecule is N=C(N)N1CCCC(CC[C@H]2C(=O)N(C(=O)N3CCN(C(=O)CCCCCC4CCCCC4)CC3)C2C(=O)OCC2CCCCC2)C1. The van der Waals surface area contributed by atoms with Gasteiger partial charge >= 0.3 is 12.0 Å². The van der Waals surface area contributed by atoms with E-state index in [0.717, 1.165) is 75.1 Å². The van der Waals surface area contributed by atoms with E-state index in [1.165, 1.54) is 51.4 Å². The molecule has 5 aliphatic rings. The first-order valence-electron chi connectivity index (χ1n) is 19.0. The van der Waals surface area contributed by atoms with Gasteiger partial charge in [-0.2, -0.15) is 0 Å². The van der Waals surface area contributed by atoms with Crippen LogP contribution in [0.4, 0.5) is 4.79 Å². The normalized spacial score (nSPS) is 26.2. The van der Waals surface area contributed by atoms with Crippen molar-refractivity contribution in [3.63, 3.8) is 0 Å². The van der Waals surface area contributed by atoms with E-state index in [4.69, 9.17) is 15.9 Å². The van der Waals surface area contributed by atoms with Crippen LogP contribution in [0, 0.1) is 29.1 Å². The Kier molecular flexibility index (Phi) is 13.2. The molecular weight excluding hydrogens is 596 g/mol. The Morgan fingerprint density at radius 1 is 0.702 bits per heavy atom. The molecule has 2 unspecified atom stereocenters. The van der Waals surface area contributed by atoms with Gasteiger partial charge < -0.3 is 25.2 Å². The number of rotatable bonds is 12. The minimum atomic E-state index is -0.903. The monoisotopic (exact) mass is 656 g/mol. The third kappa shape index (κ3) is 9.62. The Labute approximate surface area is 281 Å². The van der Waals surface area contributed by atoms with Crippen LogP contribution in [0.5, 0.6) is 0 Å². The number of urea groups is 1. The number of imide groups is 1. The molecule has 0 aromatic heterocycles. The number of hydrogen-bond donors (Lipinski definition) is 2. The van der Waals surface area contributed by atoms with Crippen LogP contribution in [0.15, 0.2) is 0 Å². The fourth-order valence-corrected chi connectivity index (χ4v) is 8.71. The Morgan fingerprint density at radius 3 is 2.02 bits per heavy atom. The van der Waals surface area contributed by atoms with Crippen molar-refractivity contribution in [2.24, 2.45) is 29.4 Å². The zero-order valence-electron chi connectivity index (χ0n) is 28.7. The molecule has 0 bridgehead atoms. The fraction of sp³-hybridized carbons (Fsp3) is 0.861. The van der Waals surface area contributed by atoms with Crippen LogP contribution < -0.4 is 5.73 Å². The third-order valence-corrected chi connectivity index (χ3v) is 11.7. The van der Waals surface area contributed by atoms with Crippen molar-refractivity contribution in [3.8, 4) is 0 Å². The summed E-state index contributed by atoms with van der Waals surface area (Å²) in [6.45, 7) is 3.40. The number of carbonyl (C=O) groups excluding carboxylic acids is 4. The van der Waals surface area contributed by atoms with Gasteiger partial charge in [-0.25, -0.2) is 14.5 Å². The maximum Gasteiger partial charge on any atom is 0.330 e. The van der Waals surface area contributed by atoms with Crippen LogP contribution in [0.2, 0.25) is 0 Å². The molecule has 3 saturated heterocycles. The van der Waals surface area contributed by atoms with E-state index in [-0.39, 0.29) is 23.7 Å². The van der Waals surface area contributed by atoms with Crippen LogP contribution in [-0.4, -0.2) is 101 Å². The summed E-state index contributed by atoms with van der Waals surface area (Å²) >= 11 is 0. The van der Waals surface area contributed by atoms with E-state index >= 15 is 0 Å². The van der Waals surface area contributed by atoms with Crippen molar-refractivity contribution < 1.29 is 23.9 Å². The predicted octanol–water partition coefficient (Wildman–Crippen LogP) is 5.12. The van der Waals surface area contributed by atoms with Crippen LogP contribution >= 0.6 is 0 Å². The molecule has 11 nitrogen and oxygen atoms in total. The summed E-state index contributed by atoms with van der Waals surface area (Å²) in [6, 6.07) is -1.35. The van der Waals surface area contributed by atoms with Crippen molar-refractivity contribution in [2.75, 3.05) is 45.9 Å². The highest BCUT2D eigenvalue weighted by Crippen LogP contribution is 2.36. The molecule has 0 spiro atoms. The number of β-lactam (4-membered cyclic amide) rings is 1. The number of carbonyl (C=O) groups is 4. The minimum absolute atomic E-state index is 0.0713. The number of hydrogen-bond acceptors (Lipinski definition) is 6. The Bertz CT molecular complexity index is 1080. The summed E-state index contributed by atoms with van der Waals surface area (Å²) in [5, 5.41) is 7.80. The second kappa shape index (κ2) is 17.5. The number of unbranched alkanes of at least 4 members (excludes halogenated alkanes) is 2. The predicted molar refractivity (Wildman–Crippen MR) is 180 cm³/mol. The van der Waals surface area contributed by atoms with Gasteiger partial charge in [0.25, 0.3) is 0 Å². The highest BCUT2D eigenvalue weighted by molar-refractivity contribution is 6.07. The van der Waals surface area contributed by atoms with Crippen LogP contribution in [0.25, 0.3) is 0 Å². The number of nitrogens with one attached hydrogen (secondary N) is 1. The third-order valence-electron chi connectivity index (χ3n) is 11.7. The Morgan fingerprint density at radius 2 is 1.34 bits per heavy atom. The maximum absolute atomic E-state index is 13.7. The molecule has 0 aromatic rings. The quantitative estimate of drug-likeness (QED) is 0.0977. The lowest BCUT2D eigenvalue weighted by molar-refractivity contribution is -0.172. The second-order valence-electron chi connectivity index (χ2n) is 15.1. The van der Waals surface area contributed by atoms with E-state index in [9.17, 15) is 19.2 Å². The van der Waals surface area contributed by atoms with Gasteiger partial charge in [-0.05, 0) is 62.7 Å². The molecule has 3 atom stereocenters. The molecule has 3 N–H and O–H groups in total. The first-order valence-corrected chi connectivity index (χ1v) is 19.0. The topological polar surface area (TPSA) is 140 Å². The molecule has 2 aliphatic carbocycles. The van der Waals surface area contributed by atoms with Gasteiger partial charge in [0.2, 0.25) is 11.8 Å².